The second kappa shape index (κ2) is 10.3. The van der Waals surface area contributed by atoms with Gasteiger partial charge in [0.2, 0.25) is 6.10 Å². The van der Waals surface area contributed by atoms with E-state index in [1.807, 2.05) is 0 Å². The zero-order valence-electron chi connectivity index (χ0n) is 16.2. The number of aliphatic hydroxyl groups is 2. The van der Waals surface area contributed by atoms with Crippen molar-refractivity contribution in [3.63, 3.8) is 0 Å². The molecule has 10 heteroatoms. The SMILES string of the molecule is O=C(C=Cc1ccc(O)c(O)c1)OC(Cc1cc(CCO)c(O)c(O)c1CO)C(=O)O. The average molecular weight is 434 g/mol. The highest BCUT2D eigenvalue weighted by molar-refractivity contribution is 5.89. The molecule has 0 fully saturated rings. The number of phenols is 4. The molecule has 0 aliphatic carbocycles. The van der Waals surface area contributed by atoms with Gasteiger partial charge in [0.1, 0.15) is 0 Å². The summed E-state index contributed by atoms with van der Waals surface area (Å²) in [5.41, 5.74) is 0.471. The summed E-state index contributed by atoms with van der Waals surface area (Å²) in [6.07, 6.45) is 0.0435. The summed E-state index contributed by atoms with van der Waals surface area (Å²) in [4.78, 5) is 23.6. The second-order valence-electron chi connectivity index (χ2n) is 6.55. The van der Waals surface area contributed by atoms with Crippen molar-refractivity contribution in [2.45, 2.75) is 25.6 Å². The van der Waals surface area contributed by atoms with Gasteiger partial charge in [-0.15, -0.1) is 0 Å². The summed E-state index contributed by atoms with van der Waals surface area (Å²) >= 11 is 0. The van der Waals surface area contributed by atoms with Gasteiger partial charge < -0.3 is 40.5 Å². The van der Waals surface area contributed by atoms with E-state index >= 15 is 0 Å². The van der Waals surface area contributed by atoms with Crippen LogP contribution >= 0.6 is 0 Å². The molecule has 2 aromatic rings. The van der Waals surface area contributed by atoms with Crippen LogP contribution in [0.2, 0.25) is 0 Å². The Kier molecular flexibility index (Phi) is 7.83. The number of carbonyl (C=O) groups is 2. The molecule has 0 heterocycles. The van der Waals surface area contributed by atoms with Crippen molar-refractivity contribution < 1.29 is 50.1 Å². The molecule has 0 aliphatic rings. The maximum atomic E-state index is 12.1. The van der Waals surface area contributed by atoms with Crippen LogP contribution in [-0.4, -0.2) is 60.4 Å². The van der Waals surface area contributed by atoms with Gasteiger partial charge in [0.15, 0.2) is 23.0 Å². The highest BCUT2D eigenvalue weighted by atomic mass is 16.6. The first kappa shape index (κ1) is 23.5. The van der Waals surface area contributed by atoms with Crippen LogP contribution in [0.4, 0.5) is 0 Å². The zero-order chi connectivity index (χ0) is 23.1. The third-order valence-corrected chi connectivity index (χ3v) is 4.44. The summed E-state index contributed by atoms with van der Waals surface area (Å²) in [5.74, 6) is -4.42. The van der Waals surface area contributed by atoms with E-state index in [1.165, 1.54) is 30.3 Å². The summed E-state index contributed by atoms with van der Waals surface area (Å²) in [5, 5.41) is 66.8. The molecular formula is C21H22O10. The Bertz CT molecular complexity index is 996. The normalized spacial score (nSPS) is 12.1. The van der Waals surface area contributed by atoms with Crippen LogP contribution in [0.15, 0.2) is 30.3 Å². The van der Waals surface area contributed by atoms with Crippen molar-refractivity contribution in [3.8, 4) is 23.0 Å². The van der Waals surface area contributed by atoms with E-state index in [1.54, 1.807) is 0 Å². The number of esters is 1. The van der Waals surface area contributed by atoms with Gasteiger partial charge in [0, 0.05) is 30.2 Å². The molecule has 166 valence electrons. The third kappa shape index (κ3) is 5.87. The minimum absolute atomic E-state index is 0.0299. The van der Waals surface area contributed by atoms with Crippen LogP contribution in [0.5, 0.6) is 23.0 Å². The first-order valence-corrected chi connectivity index (χ1v) is 9.08. The van der Waals surface area contributed by atoms with E-state index in [0.717, 1.165) is 6.08 Å². The Morgan fingerprint density at radius 2 is 1.68 bits per heavy atom. The molecule has 0 aromatic heterocycles. The Morgan fingerprint density at radius 3 is 2.26 bits per heavy atom. The van der Waals surface area contributed by atoms with Crippen molar-refractivity contribution in [1.82, 2.24) is 0 Å². The van der Waals surface area contributed by atoms with Crippen molar-refractivity contribution in [2.75, 3.05) is 6.61 Å². The molecule has 2 aromatic carbocycles. The molecule has 7 N–H and O–H groups in total. The van der Waals surface area contributed by atoms with Crippen LogP contribution in [-0.2, 0) is 33.8 Å². The molecule has 0 bridgehead atoms. The van der Waals surface area contributed by atoms with Crippen LogP contribution in [0.3, 0.4) is 0 Å². The number of aliphatic carboxylic acids is 1. The molecule has 10 nitrogen and oxygen atoms in total. The van der Waals surface area contributed by atoms with E-state index in [0.29, 0.717) is 5.56 Å². The monoisotopic (exact) mass is 434 g/mol. The highest BCUT2D eigenvalue weighted by Gasteiger charge is 2.26. The van der Waals surface area contributed by atoms with Crippen LogP contribution < -0.4 is 0 Å². The van der Waals surface area contributed by atoms with Crippen LogP contribution in [0.25, 0.3) is 6.08 Å². The van der Waals surface area contributed by atoms with Gasteiger partial charge in [0.25, 0.3) is 0 Å². The summed E-state index contributed by atoms with van der Waals surface area (Å²) in [7, 11) is 0. The van der Waals surface area contributed by atoms with Gasteiger partial charge in [0.05, 0.1) is 6.61 Å². The van der Waals surface area contributed by atoms with E-state index in [-0.39, 0.29) is 35.5 Å². The maximum Gasteiger partial charge on any atom is 0.345 e. The van der Waals surface area contributed by atoms with Crippen molar-refractivity contribution in [1.29, 1.82) is 0 Å². The largest absolute Gasteiger partial charge is 0.504 e. The average Bonchev–Trinajstić information content (AvgIpc) is 2.72. The standard InChI is InChI=1S/C21H22O10/c22-6-5-12-8-13(14(10-23)20(28)19(12)27)9-17(21(29)30)31-18(26)4-2-11-1-3-15(24)16(25)7-11/h1-4,7-8,17,22-25,27-28H,5-6,9-10H2,(H,29,30). The lowest BCUT2D eigenvalue weighted by Gasteiger charge is -2.18. The van der Waals surface area contributed by atoms with Gasteiger partial charge in [-0.2, -0.15) is 0 Å². The molecule has 0 saturated heterocycles. The number of hydrogen-bond donors (Lipinski definition) is 7. The number of ether oxygens (including phenoxy) is 1. The molecule has 0 radical (unpaired) electrons. The maximum absolute atomic E-state index is 12.1. The number of carboxylic acids is 1. The number of carbonyl (C=O) groups excluding carboxylic acids is 1. The van der Waals surface area contributed by atoms with Crippen LogP contribution in [0, 0.1) is 0 Å². The zero-order valence-corrected chi connectivity index (χ0v) is 16.2. The lowest BCUT2D eigenvalue weighted by molar-refractivity contribution is -0.160. The number of rotatable bonds is 9. The Balaban J connectivity index is 2.23. The molecule has 0 aliphatic heterocycles. The van der Waals surface area contributed by atoms with Gasteiger partial charge in [-0.1, -0.05) is 12.1 Å². The van der Waals surface area contributed by atoms with Crippen molar-refractivity contribution in [3.05, 3.63) is 52.6 Å². The van der Waals surface area contributed by atoms with Gasteiger partial charge >= 0.3 is 11.9 Å². The van der Waals surface area contributed by atoms with E-state index in [4.69, 9.17) is 9.84 Å². The molecule has 1 atom stereocenters. The predicted octanol–water partition coefficient (Wildman–Crippen LogP) is 0.788. The summed E-state index contributed by atoms with van der Waals surface area (Å²) in [6, 6.07) is 5.11. The number of benzene rings is 2. The number of carboxylic acid groups (broad SMARTS) is 1. The molecule has 0 amide bonds. The van der Waals surface area contributed by atoms with Crippen molar-refractivity contribution >= 4 is 18.0 Å². The Hall–Kier alpha value is -3.76. The van der Waals surface area contributed by atoms with Gasteiger partial charge in [-0.25, -0.2) is 9.59 Å². The molecule has 31 heavy (non-hydrogen) atoms. The summed E-state index contributed by atoms with van der Waals surface area (Å²) < 4.78 is 4.95. The smallest absolute Gasteiger partial charge is 0.345 e. The first-order chi connectivity index (χ1) is 14.7. The highest BCUT2D eigenvalue weighted by Crippen LogP contribution is 2.36. The van der Waals surface area contributed by atoms with Gasteiger partial charge in [-0.05, 0) is 35.8 Å². The minimum Gasteiger partial charge on any atom is -0.504 e. The molecule has 0 spiro atoms. The molecular weight excluding hydrogens is 412 g/mol. The fraction of sp³-hybridized carbons (Fsp3) is 0.238. The second-order valence-corrected chi connectivity index (χ2v) is 6.55. The third-order valence-electron chi connectivity index (χ3n) is 4.44. The topological polar surface area (TPSA) is 185 Å². The lowest BCUT2D eigenvalue weighted by Crippen LogP contribution is -2.29. The fourth-order valence-corrected chi connectivity index (χ4v) is 2.85. The van der Waals surface area contributed by atoms with Crippen LogP contribution in [0.1, 0.15) is 22.3 Å². The van der Waals surface area contributed by atoms with E-state index in [9.17, 15) is 40.2 Å². The van der Waals surface area contributed by atoms with Gasteiger partial charge in [-0.3, -0.25) is 0 Å². The summed E-state index contributed by atoms with van der Waals surface area (Å²) in [6.45, 7) is -1.06. The minimum atomic E-state index is -1.68. The molecule has 2 rings (SSSR count). The Morgan fingerprint density at radius 1 is 0.968 bits per heavy atom. The first-order valence-electron chi connectivity index (χ1n) is 9.08. The Labute approximate surface area is 176 Å². The fourth-order valence-electron chi connectivity index (χ4n) is 2.85. The van der Waals surface area contributed by atoms with E-state index in [2.05, 4.69) is 0 Å². The molecule has 1 unspecified atom stereocenters. The lowest BCUT2D eigenvalue weighted by atomic mass is 9.96. The molecule has 0 saturated carbocycles. The number of aromatic hydroxyl groups is 4. The number of phenolic OH excluding ortho intramolecular Hbond substituents is 3. The number of aliphatic hydroxyl groups excluding tert-OH is 2. The quantitative estimate of drug-likeness (QED) is 0.169. The number of hydrogen-bond acceptors (Lipinski definition) is 9. The van der Waals surface area contributed by atoms with E-state index < -0.39 is 48.3 Å². The predicted molar refractivity (Wildman–Crippen MR) is 107 cm³/mol. The van der Waals surface area contributed by atoms with Crippen molar-refractivity contribution in [2.24, 2.45) is 0 Å².